The Kier molecular flexibility index (Phi) is 4.94. The summed E-state index contributed by atoms with van der Waals surface area (Å²) in [5.74, 6) is 0. The highest BCUT2D eigenvalue weighted by atomic mass is 32.2. The predicted molar refractivity (Wildman–Crippen MR) is 62.2 cm³/mol. The van der Waals surface area contributed by atoms with Crippen LogP contribution in [-0.2, 0) is 4.74 Å². The number of hydrogen-bond donors (Lipinski definition) is 0. The lowest BCUT2D eigenvalue weighted by atomic mass is 10.4. The third-order valence-corrected chi connectivity index (χ3v) is 2.60. The summed E-state index contributed by atoms with van der Waals surface area (Å²) >= 11 is 1.62. The molecule has 1 aromatic carbocycles. The molecule has 2 heteroatoms. The first-order valence-electron chi connectivity index (χ1n) is 4.46. The van der Waals surface area contributed by atoms with Gasteiger partial charge in [0.1, 0.15) is 0 Å². The normalized spacial score (nSPS) is 12.0. The largest absolute Gasteiger partial charge is 0.490 e. The van der Waals surface area contributed by atoms with Gasteiger partial charge in [0.15, 0.2) is 5.09 Å². The van der Waals surface area contributed by atoms with Gasteiger partial charge in [-0.2, -0.15) is 0 Å². The number of methoxy groups -OCH3 is 1. The van der Waals surface area contributed by atoms with E-state index in [1.165, 1.54) is 4.90 Å². The number of allylic oxidation sites excluding steroid dienone is 3. The van der Waals surface area contributed by atoms with Gasteiger partial charge in [-0.1, -0.05) is 42.1 Å². The first kappa shape index (κ1) is 10.9. The summed E-state index contributed by atoms with van der Waals surface area (Å²) in [6.45, 7) is 1.98. The monoisotopic (exact) mass is 206 g/mol. The van der Waals surface area contributed by atoms with Crippen molar-refractivity contribution in [2.45, 2.75) is 11.8 Å². The van der Waals surface area contributed by atoms with E-state index in [9.17, 15) is 0 Å². The molecule has 0 amide bonds. The summed E-state index contributed by atoms with van der Waals surface area (Å²) in [4.78, 5) is 1.19. The quantitative estimate of drug-likeness (QED) is 0.420. The second kappa shape index (κ2) is 6.33. The van der Waals surface area contributed by atoms with Gasteiger partial charge in [0, 0.05) is 4.90 Å². The molecule has 0 spiro atoms. The smallest absolute Gasteiger partial charge is 0.157 e. The molecule has 14 heavy (non-hydrogen) atoms. The standard InChI is InChI=1S/C12H14OS/c1-3-4-10-12(13-2)14-11-8-6-5-7-9-11/h3-10H,1-2H3/b4-3+,12-10+. The van der Waals surface area contributed by atoms with Crippen LogP contribution in [0.15, 0.2) is 58.5 Å². The van der Waals surface area contributed by atoms with Crippen molar-refractivity contribution < 1.29 is 4.74 Å². The Hall–Kier alpha value is -1.15. The minimum Gasteiger partial charge on any atom is -0.490 e. The zero-order valence-corrected chi connectivity index (χ0v) is 9.25. The van der Waals surface area contributed by atoms with Gasteiger partial charge in [-0.05, 0) is 25.1 Å². The summed E-state index contributed by atoms with van der Waals surface area (Å²) < 4.78 is 5.23. The van der Waals surface area contributed by atoms with Crippen LogP contribution in [0, 0.1) is 0 Å². The highest BCUT2D eigenvalue weighted by molar-refractivity contribution is 8.02. The molecule has 0 saturated carbocycles. The average Bonchev–Trinajstić information content (AvgIpc) is 2.25. The van der Waals surface area contributed by atoms with Crippen LogP contribution < -0.4 is 0 Å². The van der Waals surface area contributed by atoms with Crippen molar-refractivity contribution >= 4 is 11.8 Å². The second-order valence-corrected chi connectivity index (χ2v) is 3.71. The fourth-order valence-corrected chi connectivity index (χ4v) is 1.68. The number of hydrogen-bond acceptors (Lipinski definition) is 2. The van der Waals surface area contributed by atoms with E-state index < -0.39 is 0 Å². The van der Waals surface area contributed by atoms with E-state index in [0.29, 0.717) is 0 Å². The summed E-state index contributed by atoms with van der Waals surface area (Å²) in [6.07, 6.45) is 5.90. The van der Waals surface area contributed by atoms with Gasteiger partial charge in [0.2, 0.25) is 0 Å². The first-order chi connectivity index (χ1) is 6.86. The molecule has 1 nitrogen and oxygen atoms in total. The van der Waals surface area contributed by atoms with Gasteiger partial charge >= 0.3 is 0 Å². The van der Waals surface area contributed by atoms with Crippen molar-refractivity contribution in [2.75, 3.05) is 7.11 Å². The van der Waals surface area contributed by atoms with E-state index in [-0.39, 0.29) is 0 Å². The molecule has 0 heterocycles. The molecule has 0 atom stereocenters. The van der Waals surface area contributed by atoms with Crippen molar-refractivity contribution in [1.82, 2.24) is 0 Å². The van der Waals surface area contributed by atoms with E-state index in [4.69, 9.17) is 4.74 Å². The molecule has 0 unspecified atom stereocenters. The maximum Gasteiger partial charge on any atom is 0.157 e. The topological polar surface area (TPSA) is 9.23 Å². The lowest BCUT2D eigenvalue weighted by Crippen LogP contribution is -1.80. The van der Waals surface area contributed by atoms with E-state index in [1.807, 2.05) is 43.4 Å². The van der Waals surface area contributed by atoms with Crippen LogP contribution in [0.1, 0.15) is 6.92 Å². The van der Waals surface area contributed by atoms with Gasteiger partial charge in [0.25, 0.3) is 0 Å². The maximum absolute atomic E-state index is 5.23. The van der Waals surface area contributed by atoms with E-state index >= 15 is 0 Å². The van der Waals surface area contributed by atoms with Crippen LogP contribution >= 0.6 is 11.8 Å². The van der Waals surface area contributed by atoms with Crippen molar-refractivity contribution in [3.63, 3.8) is 0 Å². The molecule has 0 saturated heterocycles. The van der Waals surface area contributed by atoms with Crippen LogP contribution in [-0.4, -0.2) is 7.11 Å². The molecule has 0 bridgehead atoms. The van der Waals surface area contributed by atoms with Crippen molar-refractivity contribution in [3.8, 4) is 0 Å². The van der Waals surface area contributed by atoms with Crippen molar-refractivity contribution in [3.05, 3.63) is 53.7 Å². The Morgan fingerprint density at radius 1 is 1.29 bits per heavy atom. The molecule has 0 aliphatic carbocycles. The highest BCUT2D eigenvalue weighted by Gasteiger charge is 1.97. The summed E-state index contributed by atoms with van der Waals surface area (Å²) in [5.41, 5.74) is 0. The van der Waals surface area contributed by atoms with Crippen molar-refractivity contribution in [2.24, 2.45) is 0 Å². The molecule has 0 fully saturated rings. The fraction of sp³-hybridized carbons (Fsp3) is 0.167. The van der Waals surface area contributed by atoms with Crippen LogP contribution in [0.25, 0.3) is 0 Å². The lowest BCUT2D eigenvalue weighted by Gasteiger charge is -2.03. The number of rotatable bonds is 4. The van der Waals surface area contributed by atoms with Crippen LogP contribution in [0.5, 0.6) is 0 Å². The minimum absolute atomic E-state index is 0.898. The lowest BCUT2D eigenvalue weighted by molar-refractivity contribution is 0.325. The molecule has 74 valence electrons. The van der Waals surface area contributed by atoms with Gasteiger partial charge in [-0.3, -0.25) is 0 Å². The fourth-order valence-electron chi connectivity index (χ4n) is 0.923. The summed E-state index contributed by atoms with van der Waals surface area (Å²) in [5, 5.41) is 0.898. The Labute approximate surface area is 89.5 Å². The second-order valence-electron chi connectivity index (χ2n) is 2.63. The Morgan fingerprint density at radius 2 is 2.00 bits per heavy atom. The summed E-state index contributed by atoms with van der Waals surface area (Å²) in [6, 6.07) is 10.2. The third-order valence-electron chi connectivity index (χ3n) is 1.59. The molecule has 0 aliphatic heterocycles. The van der Waals surface area contributed by atoms with Crippen LogP contribution in [0.2, 0.25) is 0 Å². The molecule has 0 N–H and O–H groups in total. The predicted octanol–water partition coefficient (Wildman–Crippen LogP) is 3.84. The molecular weight excluding hydrogens is 192 g/mol. The Morgan fingerprint density at radius 3 is 2.57 bits per heavy atom. The molecule has 1 rings (SSSR count). The molecule has 1 aromatic rings. The molecular formula is C12H14OS. The zero-order chi connectivity index (χ0) is 10.2. The molecule has 0 aliphatic rings. The zero-order valence-electron chi connectivity index (χ0n) is 8.44. The summed E-state index contributed by atoms with van der Waals surface area (Å²) in [7, 11) is 1.69. The van der Waals surface area contributed by atoms with Gasteiger partial charge in [-0.25, -0.2) is 0 Å². The van der Waals surface area contributed by atoms with E-state index in [1.54, 1.807) is 18.9 Å². The molecule has 0 aromatic heterocycles. The van der Waals surface area contributed by atoms with E-state index in [2.05, 4.69) is 12.1 Å². The average molecular weight is 206 g/mol. The SMILES string of the molecule is C/C=C/C=C(\OC)Sc1ccccc1. The molecule has 0 radical (unpaired) electrons. The minimum atomic E-state index is 0.898. The number of ether oxygens (including phenoxy) is 1. The van der Waals surface area contributed by atoms with Gasteiger partial charge in [0.05, 0.1) is 7.11 Å². The van der Waals surface area contributed by atoms with Gasteiger partial charge < -0.3 is 4.74 Å². The first-order valence-corrected chi connectivity index (χ1v) is 5.28. The maximum atomic E-state index is 5.23. The van der Waals surface area contributed by atoms with Gasteiger partial charge in [-0.15, -0.1) is 0 Å². The van der Waals surface area contributed by atoms with Crippen molar-refractivity contribution in [1.29, 1.82) is 0 Å². The van der Waals surface area contributed by atoms with Crippen LogP contribution in [0.4, 0.5) is 0 Å². The number of thioether (sulfide) groups is 1. The number of benzene rings is 1. The van der Waals surface area contributed by atoms with E-state index in [0.717, 1.165) is 5.09 Å². The Balaban J connectivity index is 2.66. The highest BCUT2D eigenvalue weighted by Crippen LogP contribution is 2.26. The third kappa shape index (κ3) is 3.71. The van der Waals surface area contributed by atoms with Crippen LogP contribution in [0.3, 0.4) is 0 Å². The Bertz CT molecular complexity index is 314.